The molecule has 1 saturated heterocycles. The molecule has 1 aromatic carbocycles. The largest absolute Gasteiger partial charge is 0.420 e. The smallest absolute Gasteiger partial charge is 0.408 e. The molecule has 0 bridgehead atoms. The Labute approximate surface area is 141 Å². The molecule has 0 aliphatic carbocycles. The maximum atomic E-state index is 12.7. The van der Waals surface area contributed by atoms with Crippen LogP contribution in [0.5, 0.6) is 0 Å². The molecule has 1 aromatic heterocycles. The fourth-order valence-corrected chi connectivity index (χ4v) is 3.40. The first-order valence-electron chi connectivity index (χ1n) is 8.50. The predicted molar refractivity (Wildman–Crippen MR) is 93.1 cm³/mol. The van der Waals surface area contributed by atoms with Crippen molar-refractivity contribution in [1.82, 2.24) is 14.4 Å². The Balaban J connectivity index is 1.76. The van der Waals surface area contributed by atoms with Gasteiger partial charge in [-0.2, -0.15) is 0 Å². The van der Waals surface area contributed by atoms with E-state index < -0.39 is 5.76 Å². The molecule has 24 heavy (non-hydrogen) atoms. The molecular formula is C18H25N3O3. The molecule has 1 amide bonds. The lowest BCUT2D eigenvalue weighted by atomic mass is 10.1. The topological polar surface area (TPSA) is 58.7 Å². The molecule has 1 atom stereocenters. The van der Waals surface area contributed by atoms with Crippen LogP contribution in [0.2, 0.25) is 0 Å². The summed E-state index contributed by atoms with van der Waals surface area (Å²) in [6.45, 7) is 3.50. The fraction of sp³-hybridized carbons (Fsp3) is 0.556. The predicted octanol–water partition coefficient (Wildman–Crippen LogP) is 1.85. The van der Waals surface area contributed by atoms with Gasteiger partial charge < -0.3 is 14.2 Å². The number of nitrogens with zero attached hydrogens (tertiary/aromatic N) is 3. The van der Waals surface area contributed by atoms with Crippen LogP contribution >= 0.6 is 0 Å². The van der Waals surface area contributed by atoms with Crippen LogP contribution in [0.4, 0.5) is 0 Å². The van der Waals surface area contributed by atoms with Gasteiger partial charge in [0.15, 0.2) is 5.58 Å². The van der Waals surface area contributed by atoms with E-state index in [0.717, 1.165) is 37.9 Å². The van der Waals surface area contributed by atoms with Crippen molar-refractivity contribution in [3.05, 3.63) is 34.3 Å². The fourth-order valence-electron chi connectivity index (χ4n) is 3.40. The number of hydrogen-bond donors (Lipinski definition) is 0. The number of carbonyl (C=O) groups is 1. The number of rotatable bonds is 3. The number of hydrogen-bond acceptors (Lipinski definition) is 4. The number of carbonyl (C=O) groups excluding carboxylic acids is 1. The van der Waals surface area contributed by atoms with Crippen LogP contribution in [0.25, 0.3) is 11.1 Å². The summed E-state index contributed by atoms with van der Waals surface area (Å²) in [5, 5.41) is 0. The van der Waals surface area contributed by atoms with Gasteiger partial charge in [-0.15, -0.1) is 0 Å². The van der Waals surface area contributed by atoms with Crippen molar-refractivity contribution in [1.29, 1.82) is 0 Å². The van der Waals surface area contributed by atoms with Gasteiger partial charge >= 0.3 is 5.76 Å². The van der Waals surface area contributed by atoms with E-state index in [1.165, 1.54) is 4.57 Å². The summed E-state index contributed by atoms with van der Waals surface area (Å²) in [6, 6.07) is 6.08. The number of aromatic nitrogens is 1. The molecule has 1 fully saturated rings. The Morgan fingerprint density at radius 3 is 2.83 bits per heavy atom. The summed E-state index contributed by atoms with van der Waals surface area (Å²) in [5.74, 6) is -0.481. The maximum absolute atomic E-state index is 12.7. The van der Waals surface area contributed by atoms with Crippen molar-refractivity contribution in [3.63, 3.8) is 0 Å². The number of amides is 1. The molecule has 0 radical (unpaired) electrons. The molecule has 2 heterocycles. The van der Waals surface area contributed by atoms with Gasteiger partial charge in [0.1, 0.15) is 6.54 Å². The monoisotopic (exact) mass is 331 g/mol. The summed E-state index contributed by atoms with van der Waals surface area (Å²) in [4.78, 5) is 28.9. The number of fused-ring (bicyclic) bond motifs is 1. The van der Waals surface area contributed by atoms with Gasteiger partial charge in [0.25, 0.3) is 0 Å². The van der Waals surface area contributed by atoms with E-state index in [0.29, 0.717) is 17.1 Å². The number of benzene rings is 1. The highest BCUT2D eigenvalue weighted by molar-refractivity contribution is 5.80. The molecule has 130 valence electrons. The summed E-state index contributed by atoms with van der Waals surface area (Å²) < 4.78 is 6.69. The van der Waals surface area contributed by atoms with Gasteiger partial charge in [0, 0.05) is 19.1 Å². The molecule has 1 aliphatic rings. The highest BCUT2D eigenvalue weighted by Crippen LogP contribution is 2.17. The quantitative estimate of drug-likeness (QED) is 0.861. The van der Waals surface area contributed by atoms with Crippen molar-refractivity contribution in [2.45, 2.75) is 38.8 Å². The van der Waals surface area contributed by atoms with Gasteiger partial charge in [-0.05, 0) is 58.0 Å². The van der Waals surface area contributed by atoms with Crippen molar-refractivity contribution < 1.29 is 9.21 Å². The second kappa shape index (κ2) is 6.81. The minimum absolute atomic E-state index is 0.0132. The van der Waals surface area contributed by atoms with E-state index in [9.17, 15) is 9.59 Å². The molecule has 6 nitrogen and oxygen atoms in total. The zero-order valence-corrected chi connectivity index (χ0v) is 14.6. The van der Waals surface area contributed by atoms with E-state index >= 15 is 0 Å². The van der Waals surface area contributed by atoms with E-state index in [1.54, 1.807) is 6.07 Å². The zero-order chi connectivity index (χ0) is 17.3. The van der Waals surface area contributed by atoms with Gasteiger partial charge in [-0.1, -0.05) is 6.07 Å². The highest BCUT2D eigenvalue weighted by atomic mass is 16.4. The first kappa shape index (κ1) is 16.8. The summed E-state index contributed by atoms with van der Waals surface area (Å²) in [7, 11) is 4.17. The molecule has 3 rings (SSSR count). The Morgan fingerprint density at radius 2 is 2.08 bits per heavy atom. The molecule has 0 N–H and O–H groups in total. The molecule has 0 unspecified atom stereocenters. The normalized spacial score (nSPS) is 19.0. The van der Waals surface area contributed by atoms with Gasteiger partial charge in [-0.25, -0.2) is 4.79 Å². The molecule has 0 saturated carbocycles. The Morgan fingerprint density at radius 1 is 1.29 bits per heavy atom. The summed E-state index contributed by atoms with van der Waals surface area (Å²) in [6.07, 6.45) is 3.07. The number of likely N-dealkylation sites (tertiary alicyclic amines) is 1. The minimum Gasteiger partial charge on any atom is -0.408 e. The van der Waals surface area contributed by atoms with E-state index in [1.807, 2.05) is 24.0 Å². The molecular weight excluding hydrogens is 306 g/mol. The second-order valence-corrected chi connectivity index (χ2v) is 6.85. The average molecular weight is 331 g/mol. The third-order valence-corrected chi connectivity index (χ3v) is 4.90. The lowest BCUT2D eigenvalue weighted by Crippen LogP contribution is -2.37. The molecule has 2 aromatic rings. The Kier molecular flexibility index (Phi) is 4.76. The van der Waals surface area contributed by atoms with Crippen LogP contribution in [-0.4, -0.2) is 53.5 Å². The van der Waals surface area contributed by atoms with Crippen molar-refractivity contribution in [3.8, 4) is 0 Å². The van der Waals surface area contributed by atoms with Crippen LogP contribution in [-0.2, 0) is 11.3 Å². The van der Waals surface area contributed by atoms with E-state index in [2.05, 4.69) is 19.0 Å². The third-order valence-electron chi connectivity index (χ3n) is 4.90. The second-order valence-electron chi connectivity index (χ2n) is 6.85. The first-order chi connectivity index (χ1) is 11.5. The van der Waals surface area contributed by atoms with Gasteiger partial charge in [0.2, 0.25) is 5.91 Å². The van der Waals surface area contributed by atoms with Crippen molar-refractivity contribution in [2.75, 3.05) is 27.2 Å². The minimum atomic E-state index is -0.468. The SMILES string of the molecule is Cc1ccc2oc(=O)n(CC(=O)N3CCC[C@H](N(C)C)CC3)c2c1. The van der Waals surface area contributed by atoms with Crippen LogP contribution in [0.3, 0.4) is 0 Å². The van der Waals surface area contributed by atoms with E-state index in [-0.39, 0.29) is 12.5 Å². The standard InChI is InChI=1S/C18H25N3O3/c1-13-6-7-16-15(11-13)21(18(23)24-16)12-17(22)20-9-4-5-14(8-10-20)19(2)3/h6-7,11,14H,4-5,8-10,12H2,1-3H3/t14-/m0/s1. The Hall–Kier alpha value is -2.08. The van der Waals surface area contributed by atoms with Gasteiger partial charge in [-0.3, -0.25) is 9.36 Å². The number of aryl methyl sites for hydroxylation is 1. The lowest BCUT2D eigenvalue weighted by molar-refractivity contribution is -0.131. The summed E-state index contributed by atoms with van der Waals surface area (Å²) in [5.41, 5.74) is 2.25. The molecule has 6 heteroatoms. The lowest BCUT2D eigenvalue weighted by Gasteiger charge is -2.23. The third kappa shape index (κ3) is 3.38. The number of oxazole rings is 1. The van der Waals surface area contributed by atoms with Gasteiger partial charge in [0.05, 0.1) is 5.52 Å². The van der Waals surface area contributed by atoms with Crippen LogP contribution in [0.15, 0.2) is 27.4 Å². The van der Waals surface area contributed by atoms with E-state index in [4.69, 9.17) is 4.42 Å². The van der Waals surface area contributed by atoms with Crippen molar-refractivity contribution in [2.24, 2.45) is 0 Å². The van der Waals surface area contributed by atoms with Crippen LogP contribution < -0.4 is 5.76 Å². The molecule has 1 aliphatic heterocycles. The summed E-state index contributed by atoms with van der Waals surface area (Å²) >= 11 is 0. The first-order valence-corrected chi connectivity index (χ1v) is 8.50. The average Bonchev–Trinajstić information content (AvgIpc) is 2.73. The molecule has 0 spiro atoms. The van der Waals surface area contributed by atoms with Crippen molar-refractivity contribution >= 4 is 17.0 Å². The maximum Gasteiger partial charge on any atom is 0.420 e. The van der Waals surface area contributed by atoms with Crippen LogP contribution in [0, 0.1) is 6.92 Å². The zero-order valence-electron chi connectivity index (χ0n) is 14.6. The van der Waals surface area contributed by atoms with Crippen LogP contribution in [0.1, 0.15) is 24.8 Å². The Bertz CT molecular complexity index is 790. The highest BCUT2D eigenvalue weighted by Gasteiger charge is 2.23.